The van der Waals surface area contributed by atoms with Crippen molar-refractivity contribution in [3.63, 3.8) is 0 Å². The van der Waals surface area contributed by atoms with Gasteiger partial charge in [0.15, 0.2) is 6.29 Å². The molecular weight excluding hydrogens is 697 g/mol. The molecule has 0 radical (unpaired) electrons. The molecule has 3 aliphatic rings. The van der Waals surface area contributed by atoms with Crippen molar-refractivity contribution in [2.24, 2.45) is 10.8 Å². The van der Waals surface area contributed by atoms with E-state index >= 15 is 0 Å². The van der Waals surface area contributed by atoms with Gasteiger partial charge < -0.3 is 18.9 Å². The first-order valence-electron chi connectivity index (χ1n) is 20.1. The molecule has 1 aliphatic heterocycles. The standard InChI is InChI=1S/C50H68O6/c1-35(20-15-22-37(3)25-27-44-39(5)24-17-31-49(44,9)10)18-13-14-19-36(2)21-16-23-38(4)26-28-45-40(6)32-43(33-50(45,11)12)55-48-30-29-46(54-42(8)52)47(56-48)34-53-41(7)51/h13-16,18-23,25-30,43,46-48H,17,24,31-34H2,1-12H3/b14-13+,20-15+,21-16+,27-25+,28-26+,35-18+,36-19+,37-22+,38-23+/t43-,46+,47-,48+/m1/s1. The summed E-state index contributed by atoms with van der Waals surface area (Å²) in [6.07, 6.45) is 37.1. The third-order valence-corrected chi connectivity index (χ3v) is 10.5. The average Bonchev–Trinajstić information content (AvgIpc) is 3.08. The van der Waals surface area contributed by atoms with Crippen molar-refractivity contribution >= 4 is 11.9 Å². The van der Waals surface area contributed by atoms with Crippen LogP contribution in [0.3, 0.4) is 0 Å². The lowest BCUT2D eigenvalue weighted by Crippen LogP contribution is -2.43. The second kappa shape index (κ2) is 21.9. The van der Waals surface area contributed by atoms with Gasteiger partial charge in [0.25, 0.3) is 0 Å². The molecule has 0 bridgehead atoms. The van der Waals surface area contributed by atoms with Crippen molar-refractivity contribution in [1.29, 1.82) is 0 Å². The normalized spacial score (nSPS) is 25.5. The van der Waals surface area contributed by atoms with Crippen molar-refractivity contribution in [3.05, 3.63) is 142 Å². The largest absolute Gasteiger partial charge is 0.463 e. The van der Waals surface area contributed by atoms with Crippen LogP contribution in [0.1, 0.15) is 115 Å². The Morgan fingerprint density at radius 2 is 1.25 bits per heavy atom. The van der Waals surface area contributed by atoms with Crippen LogP contribution in [0.5, 0.6) is 0 Å². The smallest absolute Gasteiger partial charge is 0.303 e. The minimum atomic E-state index is -0.645. The number of esters is 2. The molecule has 0 spiro atoms. The van der Waals surface area contributed by atoms with Crippen LogP contribution in [0.25, 0.3) is 0 Å². The molecule has 0 aromatic rings. The molecule has 0 N–H and O–H groups in total. The Morgan fingerprint density at radius 3 is 1.77 bits per heavy atom. The third kappa shape index (κ3) is 15.7. The minimum Gasteiger partial charge on any atom is -0.463 e. The molecule has 3 rings (SSSR count). The van der Waals surface area contributed by atoms with Crippen molar-refractivity contribution in [3.8, 4) is 0 Å². The summed E-state index contributed by atoms with van der Waals surface area (Å²) in [7, 11) is 0. The second-order valence-corrected chi connectivity index (χ2v) is 16.9. The zero-order chi connectivity index (χ0) is 41.5. The Labute approximate surface area is 338 Å². The summed E-state index contributed by atoms with van der Waals surface area (Å²) in [5.74, 6) is -0.856. The van der Waals surface area contributed by atoms with Gasteiger partial charge in [0.1, 0.15) is 18.8 Å². The average molecular weight is 765 g/mol. The maximum atomic E-state index is 11.6. The van der Waals surface area contributed by atoms with Crippen LogP contribution in [-0.2, 0) is 28.5 Å². The maximum absolute atomic E-state index is 11.6. The van der Waals surface area contributed by atoms with Crippen LogP contribution in [0.4, 0.5) is 0 Å². The topological polar surface area (TPSA) is 71.1 Å². The van der Waals surface area contributed by atoms with Crippen molar-refractivity contribution in [2.75, 3.05) is 6.61 Å². The van der Waals surface area contributed by atoms with Crippen molar-refractivity contribution in [1.82, 2.24) is 0 Å². The highest BCUT2D eigenvalue weighted by Gasteiger charge is 2.37. The molecule has 0 aromatic carbocycles. The molecule has 0 unspecified atom stereocenters. The monoisotopic (exact) mass is 765 g/mol. The Hall–Kier alpha value is -4.26. The fourth-order valence-electron chi connectivity index (χ4n) is 7.55. The summed E-state index contributed by atoms with van der Waals surface area (Å²) in [4.78, 5) is 23.0. The summed E-state index contributed by atoms with van der Waals surface area (Å²) < 4.78 is 23.0. The molecule has 1 heterocycles. The molecule has 56 heavy (non-hydrogen) atoms. The first-order chi connectivity index (χ1) is 26.4. The van der Waals surface area contributed by atoms with E-state index in [9.17, 15) is 9.59 Å². The van der Waals surface area contributed by atoms with E-state index in [2.05, 4.69) is 154 Å². The molecule has 304 valence electrons. The van der Waals surface area contributed by atoms with Gasteiger partial charge in [0, 0.05) is 13.8 Å². The van der Waals surface area contributed by atoms with Gasteiger partial charge in [-0.2, -0.15) is 0 Å². The molecule has 0 fully saturated rings. The first-order valence-corrected chi connectivity index (χ1v) is 20.1. The Kier molecular flexibility index (Phi) is 18.0. The van der Waals surface area contributed by atoms with Gasteiger partial charge in [0.2, 0.25) is 0 Å². The first kappa shape index (κ1) is 46.1. The zero-order valence-electron chi connectivity index (χ0n) is 36.2. The predicted octanol–water partition coefficient (Wildman–Crippen LogP) is 12.4. The Bertz CT molecular complexity index is 1770. The van der Waals surface area contributed by atoms with Gasteiger partial charge in [-0.1, -0.05) is 146 Å². The second-order valence-electron chi connectivity index (χ2n) is 16.9. The number of hydrogen-bond acceptors (Lipinski definition) is 6. The molecule has 6 nitrogen and oxygen atoms in total. The van der Waals surface area contributed by atoms with E-state index < -0.39 is 30.4 Å². The molecule has 2 aliphatic carbocycles. The van der Waals surface area contributed by atoms with E-state index in [0.717, 1.165) is 18.4 Å². The van der Waals surface area contributed by atoms with Gasteiger partial charge in [0.05, 0.1) is 6.10 Å². The summed E-state index contributed by atoms with van der Waals surface area (Å²) in [6, 6.07) is 0. The molecule has 0 amide bonds. The number of carbonyl (C=O) groups excluding carboxylic acids is 2. The minimum absolute atomic E-state index is 0.0271. The number of ether oxygens (including phenoxy) is 4. The highest BCUT2D eigenvalue weighted by Crippen LogP contribution is 2.43. The van der Waals surface area contributed by atoms with Gasteiger partial charge in [-0.15, -0.1) is 0 Å². The summed E-state index contributed by atoms with van der Waals surface area (Å²) in [6.45, 7) is 24.8. The fraction of sp³-hybridized carbons (Fsp3) is 0.480. The van der Waals surface area contributed by atoms with E-state index in [-0.39, 0.29) is 23.5 Å². The predicted molar refractivity (Wildman–Crippen MR) is 232 cm³/mol. The molecule has 4 atom stereocenters. The molecular formula is C50H68O6. The quantitative estimate of drug-likeness (QED) is 0.0939. The zero-order valence-corrected chi connectivity index (χ0v) is 36.2. The highest BCUT2D eigenvalue weighted by atomic mass is 16.7. The van der Waals surface area contributed by atoms with Crippen LogP contribution in [0, 0.1) is 10.8 Å². The summed E-state index contributed by atoms with van der Waals surface area (Å²) in [5.41, 5.74) is 10.5. The van der Waals surface area contributed by atoms with Gasteiger partial charge in [-0.25, -0.2) is 0 Å². The van der Waals surface area contributed by atoms with E-state index in [0.29, 0.717) is 0 Å². The maximum Gasteiger partial charge on any atom is 0.303 e. The van der Waals surface area contributed by atoms with E-state index in [4.69, 9.17) is 18.9 Å². The summed E-state index contributed by atoms with van der Waals surface area (Å²) >= 11 is 0. The molecule has 0 saturated heterocycles. The Morgan fingerprint density at radius 1 is 0.714 bits per heavy atom. The van der Waals surface area contributed by atoms with Crippen LogP contribution in [-0.4, -0.2) is 43.1 Å². The molecule has 0 saturated carbocycles. The van der Waals surface area contributed by atoms with Crippen LogP contribution in [0.2, 0.25) is 0 Å². The third-order valence-electron chi connectivity index (χ3n) is 10.5. The van der Waals surface area contributed by atoms with E-state index in [1.165, 1.54) is 72.1 Å². The van der Waals surface area contributed by atoms with Gasteiger partial charge in [-0.05, 0) is 108 Å². The number of hydrogen-bond donors (Lipinski definition) is 0. The van der Waals surface area contributed by atoms with Crippen LogP contribution in [0.15, 0.2) is 142 Å². The number of allylic oxidation sites excluding steroid dienone is 21. The Balaban J connectivity index is 1.52. The number of carbonyl (C=O) groups is 2. The lowest BCUT2D eigenvalue weighted by atomic mass is 9.71. The number of rotatable bonds is 15. The summed E-state index contributed by atoms with van der Waals surface area (Å²) in [5, 5.41) is 0. The van der Waals surface area contributed by atoms with E-state index in [1.54, 1.807) is 12.2 Å². The van der Waals surface area contributed by atoms with Crippen LogP contribution < -0.4 is 0 Å². The molecule has 0 aromatic heterocycles. The lowest BCUT2D eigenvalue weighted by Gasteiger charge is -2.40. The van der Waals surface area contributed by atoms with Crippen molar-refractivity contribution < 1.29 is 28.5 Å². The van der Waals surface area contributed by atoms with Crippen molar-refractivity contribution in [2.45, 2.75) is 140 Å². The highest BCUT2D eigenvalue weighted by molar-refractivity contribution is 5.67. The SMILES string of the molecule is CC(=O)OC[C@H]1O[C@H](O[C@@H]2CC(C)=C(/C=C/C(C)=C/C=C/C(C)=C/C=C/C=C(C)/C=C/C=C(C)/C=C/C3=C(C)CCCC3(C)C)C(C)(C)C2)C=C[C@@H]1OC(C)=O. The van der Waals surface area contributed by atoms with E-state index in [1.807, 2.05) is 0 Å². The van der Waals surface area contributed by atoms with Gasteiger partial charge >= 0.3 is 11.9 Å². The van der Waals surface area contributed by atoms with Crippen LogP contribution >= 0.6 is 0 Å². The lowest BCUT2D eigenvalue weighted by molar-refractivity contribution is -0.212. The fourth-order valence-corrected chi connectivity index (χ4v) is 7.55. The van der Waals surface area contributed by atoms with Gasteiger partial charge in [-0.3, -0.25) is 9.59 Å². The molecule has 6 heteroatoms.